The summed E-state index contributed by atoms with van der Waals surface area (Å²) < 4.78 is 33.8. The molecule has 1 N–H and O–H groups in total. The van der Waals surface area contributed by atoms with Crippen molar-refractivity contribution in [1.82, 2.24) is 0 Å². The SMILES string of the molecule is COc1cc(C(=O)/C=C/c2cccc(O)c2)ccc1OC(F)F. The number of phenols is 1. The molecule has 0 bridgehead atoms. The number of methoxy groups -OCH3 is 1. The molecular formula is C17H14F2O4. The van der Waals surface area contributed by atoms with Gasteiger partial charge in [0, 0.05) is 5.56 Å². The molecule has 0 aromatic heterocycles. The zero-order valence-corrected chi connectivity index (χ0v) is 12.2. The zero-order chi connectivity index (χ0) is 16.8. The molecule has 2 rings (SSSR count). The number of ketones is 1. The van der Waals surface area contributed by atoms with Crippen LogP contribution in [-0.2, 0) is 0 Å². The number of benzene rings is 2. The van der Waals surface area contributed by atoms with Gasteiger partial charge in [0.15, 0.2) is 17.3 Å². The number of ether oxygens (including phenoxy) is 2. The number of rotatable bonds is 6. The lowest BCUT2D eigenvalue weighted by Gasteiger charge is -2.10. The minimum absolute atomic E-state index is 0.0434. The van der Waals surface area contributed by atoms with Crippen molar-refractivity contribution in [3.05, 3.63) is 59.7 Å². The molecule has 6 heteroatoms. The Hall–Kier alpha value is -2.89. The van der Waals surface area contributed by atoms with E-state index in [4.69, 9.17) is 4.74 Å². The van der Waals surface area contributed by atoms with Crippen molar-refractivity contribution in [3.8, 4) is 17.2 Å². The normalized spacial score (nSPS) is 11.0. The van der Waals surface area contributed by atoms with Gasteiger partial charge in [0.2, 0.25) is 0 Å². The molecule has 2 aromatic carbocycles. The first-order valence-electron chi connectivity index (χ1n) is 6.64. The average molecular weight is 320 g/mol. The summed E-state index contributed by atoms with van der Waals surface area (Å²) in [5, 5.41) is 9.36. The van der Waals surface area contributed by atoms with Gasteiger partial charge >= 0.3 is 6.61 Å². The van der Waals surface area contributed by atoms with Gasteiger partial charge < -0.3 is 14.6 Å². The second-order valence-corrected chi connectivity index (χ2v) is 4.54. The summed E-state index contributed by atoms with van der Waals surface area (Å²) in [6, 6.07) is 10.3. The van der Waals surface area contributed by atoms with Crippen molar-refractivity contribution in [1.29, 1.82) is 0 Å². The van der Waals surface area contributed by atoms with E-state index in [0.717, 1.165) is 0 Å². The first kappa shape index (κ1) is 16.5. The number of carbonyl (C=O) groups is 1. The molecule has 0 aliphatic heterocycles. The summed E-state index contributed by atoms with van der Waals surface area (Å²) >= 11 is 0. The van der Waals surface area contributed by atoms with Gasteiger partial charge in [0.1, 0.15) is 5.75 Å². The zero-order valence-electron chi connectivity index (χ0n) is 12.2. The molecule has 0 aliphatic carbocycles. The van der Waals surface area contributed by atoms with Crippen LogP contribution in [0.15, 0.2) is 48.5 Å². The fourth-order valence-corrected chi connectivity index (χ4v) is 1.91. The van der Waals surface area contributed by atoms with E-state index in [1.165, 1.54) is 49.6 Å². The van der Waals surface area contributed by atoms with Gasteiger partial charge in [-0.25, -0.2) is 0 Å². The monoisotopic (exact) mass is 320 g/mol. The second kappa shape index (κ2) is 7.40. The Balaban J connectivity index is 2.19. The molecule has 0 radical (unpaired) electrons. The smallest absolute Gasteiger partial charge is 0.387 e. The highest BCUT2D eigenvalue weighted by atomic mass is 19.3. The number of phenolic OH excluding ortho intramolecular Hbond substituents is 1. The lowest BCUT2D eigenvalue weighted by molar-refractivity contribution is -0.0512. The fraction of sp³-hybridized carbons (Fsp3) is 0.118. The van der Waals surface area contributed by atoms with Crippen molar-refractivity contribution in [2.24, 2.45) is 0 Å². The highest BCUT2D eigenvalue weighted by Crippen LogP contribution is 2.29. The minimum Gasteiger partial charge on any atom is -0.508 e. The summed E-state index contributed by atoms with van der Waals surface area (Å²) in [6.07, 6.45) is 2.86. The maximum absolute atomic E-state index is 12.3. The number of hydrogen-bond donors (Lipinski definition) is 1. The van der Waals surface area contributed by atoms with Gasteiger partial charge in [-0.1, -0.05) is 18.2 Å². The summed E-state index contributed by atoms with van der Waals surface area (Å²) in [6.45, 7) is -2.98. The molecule has 0 spiro atoms. The van der Waals surface area contributed by atoms with E-state index in [-0.39, 0.29) is 28.6 Å². The summed E-state index contributed by atoms with van der Waals surface area (Å²) in [5.74, 6) is -0.345. The Bertz CT molecular complexity index is 726. The number of hydrogen-bond acceptors (Lipinski definition) is 4. The fourth-order valence-electron chi connectivity index (χ4n) is 1.91. The molecule has 4 nitrogen and oxygen atoms in total. The third-order valence-corrected chi connectivity index (χ3v) is 2.96. The summed E-state index contributed by atoms with van der Waals surface area (Å²) in [4.78, 5) is 12.1. The number of alkyl halides is 2. The summed E-state index contributed by atoms with van der Waals surface area (Å²) in [5.41, 5.74) is 0.919. The van der Waals surface area contributed by atoms with Gasteiger partial charge in [-0.2, -0.15) is 8.78 Å². The standard InChI is InChI=1S/C17H14F2O4/c1-22-16-10-12(6-8-15(16)23-17(18)19)14(21)7-5-11-3-2-4-13(20)9-11/h2-10,17,20H,1H3/b7-5+. The van der Waals surface area contributed by atoms with Gasteiger partial charge in [-0.3, -0.25) is 4.79 Å². The van der Waals surface area contributed by atoms with Crippen LogP contribution < -0.4 is 9.47 Å². The Labute approximate surface area is 131 Å². The highest BCUT2D eigenvalue weighted by Gasteiger charge is 2.13. The van der Waals surface area contributed by atoms with E-state index in [0.29, 0.717) is 5.56 Å². The van der Waals surface area contributed by atoms with E-state index in [2.05, 4.69) is 4.74 Å². The predicted octanol–water partition coefficient (Wildman–Crippen LogP) is 3.90. The first-order chi connectivity index (χ1) is 11.0. The second-order valence-electron chi connectivity index (χ2n) is 4.54. The van der Waals surface area contributed by atoms with Crippen molar-refractivity contribution in [3.63, 3.8) is 0 Å². The van der Waals surface area contributed by atoms with Crippen LogP contribution in [0, 0.1) is 0 Å². The first-order valence-corrected chi connectivity index (χ1v) is 6.64. The van der Waals surface area contributed by atoms with Crippen LogP contribution in [0.4, 0.5) is 8.78 Å². The van der Waals surface area contributed by atoms with Crippen molar-refractivity contribution in [2.75, 3.05) is 7.11 Å². The van der Waals surface area contributed by atoms with Crippen molar-refractivity contribution in [2.45, 2.75) is 6.61 Å². The van der Waals surface area contributed by atoms with Gasteiger partial charge in [-0.15, -0.1) is 0 Å². The maximum atomic E-state index is 12.3. The number of allylic oxidation sites excluding steroid dienone is 1. The maximum Gasteiger partial charge on any atom is 0.387 e. The molecule has 0 atom stereocenters. The third kappa shape index (κ3) is 4.54. The van der Waals surface area contributed by atoms with Crippen LogP contribution in [0.2, 0.25) is 0 Å². The van der Waals surface area contributed by atoms with Crippen LogP contribution in [0.3, 0.4) is 0 Å². The lowest BCUT2D eigenvalue weighted by Crippen LogP contribution is -2.04. The molecule has 120 valence electrons. The topological polar surface area (TPSA) is 55.8 Å². The number of aromatic hydroxyl groups is 1. The third-order valence-electron chi connectivity index (χ3n) is 2.96. The van der Waals surface area contributed by atoms with Gasteiger partial charge in [0.05, 0.1) is 7.11 Å². The molecular weight excluding hydrogens is 306 g/mol. The molecule has 0 heterocycles. The van der Waals surface area contributed by atoms with Gasteiger partial charge in [-0.05, 0) is 42.0 Å². The molecule has 0 saturated carbocycles. The van der Waals surface area contributed by atoms with Crippen LogP contribution in [-0.4, -0.2) is 24.6 Å². The minimum atomic E-state index is -2.98. The van der Waals surface area contributed by atoms with E-state index in [1.807, 2.05) is 0 Å². The molecule has 0 fully saturated rings. The Morgan fingerprint density at radius 3 is 2.61 bits per heavy atom. The largest absolute Gasteiger partial charge is 0.508 e. The molecule has 0 amide bonds. The molecule has 2 aromatic rings. The van der Waals surface area contributed by atoms with Crippen LogP contribution >= 0.6 is 0 Å². The highest BCUT2D eigenvalue weighted by molar-refractivity contribution is 6.07. The van der Waals surface area contributed by atoms with E-state index >= 15 is 0 Å². The lowest BCUT2D eigenvalue weighted by atomic mass is 10.1. The van der Waals surface area contributed by atoms with Crippen LogP contribution in [0.5, 0.6) is 17.2 Å². The average Bonchev–Trinajstić information content (AvgIpc) is 2.52. The molecule has 0 unspecified atom stereocenters. The van der Waals surface area contributed by atoms with E-state index in [9.17, 15) is 18.7 Å². The van der Waals surface area contributed by atoms with Crippen molar-refractivity contribution < 1.29 is 28.2 Å². The van der Waals surface area contributed by atoms with Crippen LogP contribution in [0.25, 0.3) is 6.08 Å². The van der Waals surface area contributed by atoms with Crippen molar-refractivity contribution >= 4 is 11.9 Å². The Kier molecular flexibility index (Phi) is 5.30. The Morgan fingerprint density at radius 1 is 1.17 bits per heavy atom. The summed E-state index contributed by atoms with van der Waals surface area (Å²) in [7, 11) is 1.30. The van der Waals surface area contributed by atoms with Crippen LogP contribution in [0.1, 0.15) is 15.9 Å². The number of halogens is 2. The van der Waals surface area contributed by atoms with E-state index < -0.39 is 6.61 Å². The predicted molar refractivity (Wildman–Crippen MR) is 81.1 cm³/mol. The number of carbonyl (C=O) groups excluding carboxylic acids is 1. The van der Waals surface area contributed by atoms with Gasteiger partial charge in [0.25, 0.3) is 0 Å². The Morgan fingerprint density at radius 2 is 1.96 bits per heavy atom. The molecule has 0 saturated heterocycles. The van der Waals surface area contributed by atoms with E-state index in [1.54, 1.807) is 12.1 Å². The quantitative estimate of drug-likeness (QED) is 0.648. The molecule has 0 aliphatic rings. The molecule has 23 heavy (non-hydrogen) atoms.